The van der Waals surface area contributed by atoms with Gasteiger partial charge < -0.3 is 15.5 Å². The van der Waals surface area contributed by atoms with Crippen molar-refractivity contribution in [2.75, 3.05) is 0 Å². The van der Waals surface area contributed by atoms with Gasteiger partial charge >= 0.3 is 6.09 Å². The fourth-order valence-corrected chi connectivity index (χ4v) is 0.735. The van der Waals surface area contributed by atoms with Crippen LogP contribution in [0.3, 0.4) is 0 Å². The summed E-state index contributed by atoms with van der Waals surface area (Å²) in [6.07, 6.45) is 1.63. The summed E-state index contributed by atoms with van der Waals surface area (Å²) in [5.41, 5.74) is 0.507. The minimum atomic E-state index is -1.12. The van der Waals surface area contributed by atoms with Crippen molar-refractivity contribution in [1.82, 2.24) is 10.3 Å². The Bertz CT molecular complexity index is 288. The molecule has 0 atom stereocenters. The van der Waals surface area contributed by atoms with E-state index in [0.717, 1.165) is 0 Å². The molecule has 5 heteroatoms. The molecule has 1 aromatic heterocycles. The van der Waals surface area contributed by atoms with Gasteiger partial charge in [0.25, 0.3) is 0 Å². The van der Waals surface area contributed by atoms with Crippen LogP contribution in [-0.4, -0.2) is 21.3 Å². The smallest absolute Gasteiger partial charge is 0.404 e. The highest BCUT2D eigenvalue weighted by atomic mass is 16.4. The summed E-state index contributed by atoms with van der Waals surface area (Å²) in [7, 11) is 0. The molecule has 3 N–H and O–H groups in total. The summed E-state index contributed by atoms with van der Waals surface area (Å²) in [6, 6.07) is 1.55. The van der Waals surface area contributed by atoms with Gasteiger partial charge in [0.05, 0.1) is 6.20 Å². The first-order chi connectivity index (χ1) is 5.70. The van der Waals surface area contributed by atoms with E-state index in [1.54, 1.807) is 6.07 Å². The second-order valence-corrected chi connectivity index (χ2v) is 2.16. The van der Waals surface area contributed by atoms with Crippen molar-refractivity contribution >= 4 is 6.09 Å². The molecular weight excluding hydrogens is 160 g/mol. The Balaban J connectivity index is 2.63. The number of rotatable bonds is 2. The zero-order valence-corrected chi connectivity index (χ0v) is 6.19. The van der Waals surface area contributed by atoms with Crippen LogP contribution in [0.5, 0.6) is 5.75 Å². The molecule has 1 amide bonds. The Hall–Kier alpha value is -1.78. The van der Waals surface area contributed by atoms with Crippen molar-refractivity contribution in [2.24, 2.45) is 0 Å². The normalized spacial score (nSPS) is 9.33. The van der Waals surface area contributed by atoms with E-state index in [9.17, 15) is 4.79 Å². The molecular formula is C7H8N2O3. The van der Waals surface area contributed by atoms with Crippen LogP contribution in [0.2, 0.25) is 0 Å². The third kappa shape index (κ3) is 2.12. The number of hydrogen-bond donors (Lipinski definition) is 3. The quantitative estimate of drug-likeness (QED) is 0.602. The Kier molecular flexibility index (Phi) is 2.47. The molecule has 0 saturated carbocycles. The first-order valence-electron chi connectivity index (χ1n) is 3.29. The van der Waals surface area contributed by atoms with Crippen LogP contribution in [0.1, 0.15) is 5.56 Å². The molecule has 0 spiro atoms. The third-order valence-corrected chi connectivity index (χ3v) is 1.32. The first kappa shape index (κ1) is 8.32. The molecule has 0 aliphatic heterocycles. The van der Waals surface area contributed by atoms with Crippen LogP contribution >= 0.6 is 0 Å². The van der Waals surface area contributed by atoms with Gasteiger partial charge in [0.15, 0.2) is 0 Å². The van der Waals surface area contributed by atoms with E-state index in [1.807, 2.05) is 0 Å². The number of carboxylic acid groups (broad SMARTS) is 1. The maximum absolute atomic E-state index is 10.1. The lowest BCUT2D eigenvalue weighted by Gasteiger charge is -2.02. The molecule has 0 aromatic carbocycles. The van der Waals surface area contributed by atoms with Crippen LogP contribution in [0.25, 0.3) is 0 Å². The highest BCUT2D eigenvalue weighted by molar-refractivity contribution is 5.64. The number of amides is 1. The molecule has 0 radical (unpaired) electrons. The van der Waals surface area contributed by atoms with E-state index in [1.165, 1.54) is 12.4 Å². The monoisotopic (exact) mass is 168 g/mol. The van der Waals surface area contributed by atoms with Crippen molar-refractivity contribution in [2.45, 2.75) is 6.54 Å². The molecule has 64 valence electrons. The van der Waals surface area contributed by atoms with Gasteiger partial charge in [-0.2, -0.15) is 0 Å². The van der Waals surface area contributed by atoms with Gasteiger partial charge in [-0.15, -0.1) is 0 Å². The minimum absolute atomic E-state index is 0.00810. The summed E-state index contributed by atoms with van der Waals surface area (Å²) in [6.45, 7) is 0.0870. The first-order valence-corrected chi connectivity index (χ1v) is 3.29. The van der Waals surface area contributed by atoms with Crippen molar-refractivity contribution in [3.63, 3.8) is 0 Å². The lowest BCUT2D eigenvalue weighted by molar-refractivity contribution is 0.194. The lowest BCUT2D eigenvalue weighted by atomic mass is 10.2. The largest absolute Gasteiger partial charge is 0.506 e. The van der Waals surface area contributed by atoms with Gasteiger partial charge in [-0.1, -0.05) is 0 Å². The Morgan fingerprint density at radius 3 is 3.00 bits per heavy atom. The van der Waals surface area contributed by atoms with E-state index < -0.39 is 6.09 Å². The zero-order valence-electron chi connectivity index (χ0n) is 6.19. The van der Waals surface area contributed by atoms with Crippen LogP contribution < -0.4 is 5.32 Å². The summed E-state index contributed by atoms with van der Waals surface area (Å²) >= 11 is 0. The predicted molar refractivity (Wildman–Crippen MR) is 40.8 cm³/mol. The number of aromatic hydroxyl groups is 1. The van der Waals surface area contributed by atoms with Crippen LogP contribution in [0, 0.1) is 0 Å². The molecule has 0 saturated heterocycles. The van der Waals surface area contributed by atoms with Gasteiger partial charge in [0.2, 0.25) is 0 Å². The van der Waals surface area contributed by atoms with E-state index in [2.05, 4.69) is 10.3 Å². The summed E-state index contributed by atoms with van der Waals surface area (Å²) < 4.78 is 0. The summed E-state index contributed by atoms with van der Waals surface area (Å²) in [5.74, 6) is -0.00810. The summed E-state index contributed by atoms with van der Waals surface area (Å²) in [4.78, 5) is 13.7. The minimum Gasteiger partial charge on any atom is -0.506 e. The number of nitrogens with one attached hydrogen (secondary N) is 1. The molecule has 0 unspecified atom stereocenters. The lowest BCUT2D eigenvalue weighted by Crippen LogP contribution is -2.19. The molecule has 0 aliphatic carbocycles. The van der Waals surface area contributed by atoms with Crippen LogP contribution in [-0.2, 0) is 6.54 Å². The molecule has 1 rings (SSSR count). The molecule has 1 aromatic rings. The Morgan fingerprint density at radius 1 is 1.67 bits per heavy atom. The van der Waals surface area contributed by atoms with Crippen LogP contribution in [0.4, 0.5) is 4.79 Å². The summed E-state index contributed by atoms with van der Waals surface area (Å²) in [5, 5.41) is 19.5. The maximum atomic E-state index is 10.1. The number of hydrogen-bond acceptors (Lipinski definition) is 3. The van der Waals surface area contributed by atoms with Gasteiger partial charge in [0.1, 0.15) is 5.75 Å². The fourth-order valence-electron chi connectivity index (χ4n) is 0.735. The van der Waals surface area contributed by atoms with Crippen molar-refractivity contribution in [3.8, 4) is 5.75 Å². The number of nitrogens with zero attached hydrogens (tertiary/aromatic N) is 1. The standard InChI is InChI=1S/C7H8N2O3/c10-6-4-8-2-1-5(6)3-9-7(11)12/h1-2,4,9-10H,3H2,(H,11,12). The molecule has 0 fully saturated rings. The highest BCUT2D eigenvalue weighted by Gasteiger charge is 2.00. The van der Waals surface area contributed by atoms with Gasteiger partial charge in [-0.3, -0.25) is 4.98 Å². The second-order valence-electron chi connectivity index (χ2n) is 2.16. The average Bonchev–Trinajstić information content (AvgIpc) is 2.03. The number of carbonyl (C=O) groups is 1. The molecule has 1 heterocycles. The highest BCUT2D eigenvalue weighted by Crippen LogP contribution is 2.12. The third-order valence-electron chi connectivity index (χ3n) is 1.32. The number of pyridine rings is 1. The van der Waals surface area contributed by atoms with E-state index in [-0.39, 0.29) is 12.3 Å². The topological polar surface area (TPSA) is 82.5 Å². The van der Waals surface area contributed by atoms with E-state index >= 15 is 0 Å². The van der Waals surface area contributed by atoms with Crippen molar-refractivity contribution < 1.29 is 15.0 Å². The van der Waals surface area contributed by atoms with E-state index in [4.69, 9.17) is 10.2 Å². The molecule has 0 aliphatic rings. The Morgan fingerprint density at radius 2 is 2.42 bits per heavy atom. The maximum Gasteiger partial charge on any atom is 0.404 e. The van der Waals surface area contributed by atoms with Crippen LogP contribution in [0.15, 0.2) is 18.5 Å². The molecule has 0 bridgehead atoms. The fraction of sp³-hybridized carbons (Fsp3) is 0.143. The van der Waals surface area contributed by atoms with Gasteiger partial charge in [-0.25, -0.2) is 4.79 Å². The Labute approximate surface area is 68.7 Å². The van der Waals surface area contributed by atoms with Gasteiger partial charge in [-0.05, 0) is 6.07 Å². The zero-order chi connectivity index (χ0) is 8.97. The van der Waals surface area contributed by atoms with E-state index in [0.29, 0.717) is 5.56 Å². The predicted octanol–water partition coefficient (Wildman–Crippen LogP) is 0.555. The SMILES string of the molecule is O=C(O)NCc1ccncc1O. The average molecular weight is 168 g/mol. The number of aromatic nitrogens is 1. The van der Waals surface area contributed by atoms with Crippen molar-refractivity contribution in [1.29, 1.82) is 0 Å². The second kappa shape index (κ2) is 3.56. The van der Waals surface area contributed by atoms with Gasteiger partial charge in [0, 0.05) is 18.3 Å². The molecule has 12 heavy (non-hydrogen) atoms. The molecule has 5 nitrogen and oxygen atoms in total. The van der Waals surface area contributed by atoms with Crippen molar-refractivity contribution in [3.05, 3.63) is 24.0 Å².